The van der Waals surface area contributed by atoms with Crippen molar-refractivity contribution in [2.45, 2.75) is 37.6 Å². The first-order valence-electron chi connectivity index (χ1n) is 8.88. The van der Waals surface area contributed by atoms with Gasteiger partial charge < -0.3 is 14.3 Å². The molecule has 3 fully saturated rings. The van der Waals surface area contributed by atoms with Gasteiger partial charge in [-0.2, -0.15) is 0 Å². The third-order valence-electron chi connectivity index (χ3n) is 5.41. The molecule has 7 heteroatoms. The molecule has 24 heavy (non-hydrogen) atoms. The van der Waals surface area contributed by atoms with Gasteiger partial charge in [-0.25, -0.2) is 0 Å². The van der Waals surface area contributed by atoms with E-state index in [0.29, 0.717) is 37.8 Å². The number of aromatic nitrogens is 1. The average Bonchev–Trinajstić information content (AvgIpc) is 3.18. The number of piperazine rings is 1. The lowest BCUT2D eigenvalue weighted by Crippen LogP contribution is -2.54. The second kappa shape index (κ2) is 6.20. The highest BCUT2D eigenvalue weighted by Gasteiger charge is 2.34. The van der Waals surface area contributed by atoms with Crippen molar-refractivity contribution in [1.82, 2.24) is 19.9 Å². The summed E-state index contributed by atoms with van der Waals surface area (Å²) in [6, 6.07) is 1.80. The zero-order valence-corrected chi connectivity index (χ0v) is 14.1. The Morgan fingerprint density at radius 2 is 1.79 bits per heavy atom. The van der Waals surface area contributed by atoms with Crippen molar-refractivity contribution >= 4 is 11.8 Å². The molecule has 0 radical (unpaired) electrons. The highest BCUT2D eigenvalue weighted by atomic mass is 16.5. The number of amides is 2. The van der Waals surface area contributed by atoms with Gasteiger partial charge in [0.25, 0.3) is 5.91 Å². The second-order valence-electron chi connectivity index (χ2n) is 7.14. The minimum Gasteiger partial charge on any atom is -0.360 e. The third-order valence-corrected chi connectivity index (χ3v) is 5.41. The molecule has 3 aliphatic rings. The molecule has 0 aromatic carbocycles. The van der Waals surface area contributed by atoms with Crippen LogP contribution in [0, 0.1) is 0 Å². The van der Waals surface area contributed by atoms with Crippen LogP contribution in [0.3, 0.4) is 0 Å². The van der Waals surface area contributed by atoms with Gasteiger partial charge in [0.05, 0.1) is 6.04 Å². The van der Waals surface area contributed by atoms with Crippen LogP contribution in [0.4, 0.5) is 0 Å². The number of nitrogens with zero attached hydrogens (tertiary/aromatic N) is 4. The summed E-state index contributed by atoms with van der Waals surface area (Å²) in [5.41, 5.74) is 0.396. The van der Waals surface area contributed by atoms with Crippen LogP contribution >= 0.6 is 0 Å². The number of carbonyl (C=O) groups is 2. The quantitative estimate of drug-likeness (QED) is 0.824. The molecule has 2 saturated heterocycles. The van der Waals surface area contributed by atoms with Gasteiger partial charge >= 0.3 is 0 Å². The molecule has 3 heterocycles. The van der Waals surface area contributed by atoms with Crippen molar-refractivity contribution in [3.05, 3.63) is 17.5 Å². The predicted octanol–water partition coefficient (Wildman–Crippen LogP) is 0.931. The largest absolute Gasteiger partial charge is 0.360 e. The van der Waals surface area contributed by atoms with E-state index in [0.717, 1.165) is 38.0 Å². The van der Waals surface area contributed by atoms with E-state index in [1.54, 1.807) is 11.0 Å². The number of hydrogen-bond donors (Lipinski definition) is 0. The summed E-state index contributed by atoms with van der Waals surface area (Å²) in [6.45, 7) is 3.31. The number of hydrogen-bond acceptors (Lipinski definition) is 5. The first-order valence-corrected chi connectivity index (χ1v) is 8.88. The Morgan fingerprint density at radius 3 is 2.42 bits per heavy atom. The molecular formula is C17H24N4O3. The normalized spacial score (nSPS) is 25.3. The Morgan fingerprint density at radius 1 is 1.08 bits per heavy atom. The van der Waals surface area contributed by atoms with E-state index in [9.17, 15) is 9.59 Å². The molecule has 7 nitrogen and oxygen atoms in total. The molecule has 0 unspecified atom stereocenters. The molecule has 1 saturated carbocycles. The number of carbonyl (C=O) groups excluding carboxylic acids is 2. The van der Waals surface area contributed by atoms with Gasteiger partial charge in [-0.15, -0.1) is 0 Å². The Labute approximate surface area is 141 Å². The second-order valence-corrected chi connectivity index (χ2v) is 7.14. The number of likely N-dealkylation sites (tertiary alicyclic amines) is 1. The first-order chi connectivity index (χ1) is 11.6. The Kier molecular flexibility index (Phi) is 4.04. The fraction of sp³-hybridized carbons (Fsp3) is 0.706. The van der Waals surface area contributed by atoms with Gasteiger partial charge in [-0.3, -0.25) is 14.5 Å². The lowest BCUT2D eigenvalue weighted by Gasteiger charge is -2.36. The highest BCUT2D eigenvalue weighted by molar-refractivity contribution is 5.92. The van der Waals surface area contributed by atoms with Crippen LogP contribution in [0.2, 0.25) is 0 Å². The van der Waals surface area contributed by atoms with E-state index in [-0.39, 0.29) is 17.9 Å². The molecule has 4 rings (SSSR count). The van der Waals surface area contributed by atoms with Crippen LogP contribution in [-0.4, -0.2) is 77.5 Å². The van der Waals surface area contributed by atoms with E-state index in [4.69, 9.17) is 4.52 Å². The molecule has 0 spiro atoms. The summed E-state index contributed by atoms with van der Waals surface area (Å²) in [5.74, 6) is 1.41. The molecule has 130 valence electrons. The van der Waals surface area contributed by atoms with Crippen molar-refractivity contribution in [3.8, 4) is 0 Å². The fourth-order valence-corrected chi connectivity index (χ4v) is 3.68. The molecule has 1 aromatic rings. The summed E-state index contributed by atoms with van der Waals surface area (Å²) in [6.07, 6.45) is 4.27. The molecule has 2 amide bonds. The molecule has 1 aliphatic carbocycles. The van der Waals surface area contributed by atoms with Gasteiger partial charge in [-0.05, 0) is 39.3 Å². The van der Waals surface area contributed by atoms with Gasteiger partial charge in [-0.1, -0.05) is 5.16 Å². The summed E-state index contributed by atoms with van der Waals surface area (Å²) in [5, 5.41) is 3.93. The molecule has 1 aromatic heterocycles. The molecular weight excluding hydrogens is 308 g/mol. The molecule has 2 aliphatic heterocycles. The van der Waals surface area contributed by atoms with Crippen molar-refractivity contribution in [2.75, 3.05) is 39.8 Å². The van der Waals surface area contributed by atoms with Gasteiger partial charge in [0, 0.05) is 38.2 Å². The standard InChI is InChI=1S/C17H24N4O3/c1-19-6-2-3-14(19)17(23)21-9-7-20(8-10-21)16(22)13-11-15(24-18-13)12-4-5-12/h11-12,14H,2-10H2,1H3/t14-/m1/s1. The highest BCUT2D eigenvalue weighted by Crippen LogP contribution is 2.40. The summed E-state index contributed by atoms with van der Waals surface area (Å²) in [4.78, 5) is 30.9. The van der Waals surface area contributed by atoms with Crippen LogP contribution in [0.25, 0.3) is 0 Å². The van der Waals surface area contributed by atoms with Crippen LogP contribution in [0.1, 0.15) is 47.8 Å². The van der Waals surface area contributed by atoms with Gasteiger partial charge in [0.15, 0.2) is 5.69 Å². The predicted molar refractivity (Wildman–Crippen MR) is 86.6 cm³/mol. The maximum atomic E-state index is 12.6. The van der Waals surface area contributed by atoms with E-state index in [1.165, 1.54) is 0 Å². The van der Waals surface area contributed by atoms with Gasteiger partial charge in [0.1, 0.15) is 5.76 Å². The monoisotopic (exact) mass is 332 g/mol. The molecule has 0 N–H and O–H groups in total. The van der Waals surface area contributed by atoms with Crippen molar-refractivity contribution in [2.24, 2.45) is 0 Å². The maximum absolute atomic E-state index is 12.6. The first kappa shape index (κ1) is 15.6. The topological polar surface area (TPSA) is 69.9 Å². The molecule has 1 atom stereocenters. The van der Waals surface area contributed by atoms with E-state index < -0.39 is 0 Å². The fourth-order valence-electron chi connectivity index (χ4n) is 3.68. The van der Waals surface area contributed by atoms with Crippen LogP contribution < -0.4 is 0 Å². The van der Waals surface area contributed by atoms with E-state index >= 15 is 0 Å². The Hall–Kier alpha value is -1.89. The van der Waals surface area contributed by atoms with E-state index in [2.05, 4.69) is 10.1 Å². The minimum atomic E-state index is -0.0873. The van der Waals surface area contributed by atoms with Gasteiger partial charge in [0.2, 0.25) is 5.91 Å². The van der Waals surface area contributed by atoms with E-state index in [1.807, 2.05) is 11.9 Å². The van der Waals surface area contributed by atoms with Crippen molar-refractivity contribution in [3.63, 3.8) is 0 Å². The number of likely N-dealkylation sites (N-methyl/N-ethyl adjacent to an activating group) is 1. The average molecular weight is 332 g/mol. The van der Waals surface area contributed by atoms with Crippen LogP contribution in [0.15, 0.2) is 10.6 Å². The lowest BCUT2D eigenvalue weighted by atomic mass is 10.1. The minimum absolute atomic E-state index is 0.0175. The Bertz CT molecular complexity index is 632. The third kappa shape index (κ3) is 2.92. The summed E-state index contributed by atoms with van der Waals surface area (Å²) >= 11 is 0. The zero-order valence-electron chi connectivity index (χ0n) is 14.1. The zero-order chi connectivity index (χ0) is 16.7. The summed E-state index contributed by atoms with van der Waals surface area (Å²) in [7, 11) is 2.01. The van der Waals surface area contributed by atoms with Crippen LogP contribution in [-0.2, 0) is 4.79 Å². The maximum Gasteiger partial charge on any atom is 0.276 e. The van der Waals surface area contributed by atoms with Crippen molar-refractivity contribution in [1.29, 1.82) is 0 Å². The SMILES string of the molecule is CN1CCC[C@@H]1C(=O)N1CCN(C(=O)c2cc(C3CC3)on2)CC1. The molecule has 0 bridgehead atoms. The lowest BCUT2D eigenvalue weighted by molar-refractivity contribution is -0.137. The van der Waals surface area contributed by atoms with Crippen LogP contribution in [0.5, 0.6) is 0 Å². The summed E-state index contributed by atoms with van der Waals surface area (Å²) < 4.78 is 5.27. The van der Waals surface area contributed by atoms with Crippen molar-refractivity contribution < 1.29 is 14.1 Å². The smallest absolute Gasteiger partial charge is 0.276 e. The Balaban J connectivity index is 1.33. The number of rotatable bonds is 3.